The van der Waals surface area contributed by atoms with Crippen molar-refractivity contribution >= 4 is 12.0 Å². The minimum atomic E-state index is -1.29. The van der Waals surface area contributed by atoms with Gasteiger partial charge < -0.3 is 20.4 Å². The number of rotatable bonds is 6. The largest absolute Gasteiger partial charge is 0.480 e. The van der Waals surface area contributed by atoms with E-state index in [-0.39, 0.29) is 6.04 Å². The molecule has 20 heavy (non-hydrogen) atoms. The van der Waals surface area contributed by atoms with Crippen LogP contribution >= 0.6 is 0 Å². The fourth-order valence-electron chi connectivity index (χ4n) is 1.69. The molecule has 0 saturated carbocycles. The molecule has 0 saturated heterocycles. The smallest absolute Gasteiger partial charge is 0.328 e. The van der Waals surface area contributed by atoms with Gasteiger partial charge in [0.2, 0.25) is 0 Å². The number of urea groups is 1. The maximum absolute atomic E-state index is 12.1. The van der Waals surface area contributed by atoms with Gasteiger partial charge >= 0.3 is 12.0 Å². The van der Waals surface area contributed by atoms with E-state index in [4.69, 9.17) is 10.2 Å². The van der Waals surface area contributed by atoms with Crippen molar-refractivity contribution in [1.82, 2.24) is 10.2 Å². The molecule has 1 rings (SSSR count). The lowest BCUT2D eigenvalue weighted by Crippen LogP contribution is -2.51. The lowest BCUT2D eigenvalue weighted by atomic mass is 10.2. The Kier molecular flexibility index (Phi) is 5.99. The number of hydrogen-bond acceptors (Lipinski definition) is 3. The molecule has 6 nitrogen and oxygen atoms in total. The summed E-state index contributed by atoms with van der Waals surface area (Å²) in [5.74, 6) is -1.26. The first-order chi connectivity index (χ1) is 9.45. The fourth-order valence-corrected chi connectivity index (χ4v) is 1.69. The summed E-state index contributed by atoms with van der Waals surface area (Å²) in [4.78, 5) is 24.4. The number of carboxylic acids is 1. The van der Waals surface area contributed by atoms with Crippen LogP contribution in [0, 0.1) is 0 Å². The predicted molar refractivity (Wildman–Crippen MR) is 74.2 cm³/mol. The molecule has 0 aliphatic heterocycles. The number of nitrogens with one attached hydrogen (secondary N) is 1. The van der Waals surface area contributed by atoms with E-state index in [1.165, 1.54) is 4.90 Å². The number of benzene rings is 1. The first kappa shape index (κ1) is 16.0. The number of aliphatic hydroxyl groups is 1. The number of hydrogen-bond donors (Lipinski definition) is 3. The maximum Gasteiger partial charge on any atom is 0.328 e. The first-order valence-corrected chi connectivity index (χ1v) is 6.40. The number of carboxylic acid groups (broad SMARTS) is 1. The summed E-state index contributed by atoms with van der Waals surface area (Å²) in [6.45, 7) is 3.43. The average Bonchev–Trinajstić information content (AvgIpc) is 2.42. The van der Waals surface area contributed by atoms with Crippen molar-refractivity contribution in [2.45, 2.75) is 32.5 Å². The number of carbonyl (C=O) groups excluding carboxylic acids is 1. The normalized spacial score (nSPS) is 12.0. The molecule has 0 unspecified atom stereocenters. The summed E-state index contributed by atoms with van der Waals surface area (Å²) in [5, 5.41) is 20.1. The van der Waals surface area contributed by atoms with Crippen LogP contribution in [0.25, 0.3) is 0 Å². The number of aliphatic hydroxyl groups excluding tert-OH is 1. The van der Waals surface area contributed by atoms with Gasteiger partial charge in [0.1, 0.15) is 0 Å². The highest BCUT2D eigenvalue weighted by Gasteiger charge is 2.24. The zero-order chi connectivity index (χ0) is 15.1. The van der Waals surface area contributed by atoms with Gasteiger partial charge in [0, 0.05) is 12.6 Å². The van der Waals surface area contributed by atoms with Crippen LogP contribution < -0.4 is 5.32 Å². The molecular weight excluding hydrogens is 260 g/mol. The second-order valence-corrected chi connectivity index (χ2v) is 4.73. The van der Waals surface area contributed by atoms with Crippen molar-refractivity contribution in [3.8, 4) is 0 Å². The minimum Gasteiger partial charge on any atom is -0.480 e. The SMILES string of the molecule is CC(C)N(Cc1ccccc1)C(=O)N[C@H](CO)C(=O)O. The third-order valence-corrected chi connectivity index (χ3v) is 2.86. The molecule has 1 aromatic carbocycles. The molecule has 0 bridgehead atoms. The summed E-state index contributed by atoms with van der Waals surface area (Å²) in [6.07, 6.45) is 0. The van der Waals surface area contributed by atoms with Crippen LogP contribution in [0.3, 0.4) is 0 Å². The van der Waals surface area contributed by atoms with Gasteiger partial charge in [-0.25, -0.2) is 9.59 Å². The highest BCUT2D eigenvalue weighted by molar-refractivity contribution is 5.82. The van der Waals surface area contributed by atoms with E-state index in [0.717, 1.165) is 5.56 Å². The second kappa shape index (κ2) is 7.49. The van der Waals surface area contributed by atoms with Crippen LogP contribution in [0.2, 0.25) is 0 Å². The zero-order valence-electron chi connectivity index (χ0n) is 11.6. The van der Waals surface area contributed by atoms with Crippen molar-refractivity contribution in [3.63, 3.8) is 0 Å². The van der Waals surface area contributed by atoms with Crippen LogP contribution in [0.1, 0.15) is 19.4 Å². The molecule has 110 valence electrons. The monoisotopic (exact) mass is 280 g/mol. The molecule has 0 fully saturated rings. The molecule has 0 aromatic heterocycles. The van der Waals surface area contributed by atoms with Crippen LogP contribution in [-0.2, 0) is 11.3 Å². The lowest BCUT2D eigenvalue weighted by Gasteiger charge is -2.28. The number of aliphatic carboxylic acids is 1. The molecular formula is C14H20N2O4. The number of nitrogens with zero attached hydrogens (tertiary/aromatic N) is 1. The third-order valence-electron chi connectivity index (χ3n) is 2.86. The molecule has 1 atom stereocenters. The molecule has 1 aromatic rings. The molecule has 0 aliphatic rings. The Morgan fingerprint density at radius 2 is 1.85 bits per heavy atom. The van der Waals surface area contributed by atoms with Gasteiger partial charge in [-0.15, -0.1) is 0 Å². The summed E-state index contributed by atoms with van der Waals surface area (Å²) in [5.41, 5.74) is 0.951. The van der Waals surface area contributed by atoms with Gasteiger partial charge in [0.05, 0.1) is 6.61 Å². The van der Waals surface area contributed by atoms with Gasteiger partial charge in [0.25, 0.3) is 0 Å². The fraction of sp³-hybridized carbons (Fsp3) is 0.429. The minimum absolute atomic E-state index is 0.0941. The van der Waals surface area contributed by atoms with E-state index in [1.807, 2.05) is 44.2 Å². The molecule has 6 heteroatoms. The van der Waals surface area contributed by atoms with Gasteiger partial charge in [-0.3, -0.25) is 0 Å². The second-order valence-electron chi connectivity index (χ2n) is 4.73. The Balaban J connectivity index is 2.75. The standard InChI is InChI=1S/C14H20N2O4/c1-10(2)16(8-11-6-4-3-5-7-11)14(20)15-12(9-17)13(18)19/h3-7,10,12,17H,8-9H2,1-2H3,(H,15,20)(H,18,19)/t12-/m1/s1. The first-order valence-electron chi connectivity index (χ1n) is 6.40. The Morgan fingerprint density at radius 3 is 2.30 bits per heavy atom. The highest BCUT2D eigenvalue weighted by Crippen LogP contribution is 2.08. The van der Waals surface area contributed by atoms with Crippen molar-refractivity contribution in [2.75, 3.05) is 6.61 Å². The van der Waals surface area contributed by atoms with Crippen molar-refractivity contribution in [2.24, 2.45) is 0 Å². The van der Waals surface area contributed by atoms with Gasteiger partial charge in [-0.2, -0.15) is 0 Å². The van der Waals surface area contributed by atoms with Crippen LogP contribution in [0.15, 0.2) is 30.3 Å². The maximum atomic E-state index is 12.1. The Hall–Kier alpha value is -2.08. The number of amides is 2. The Labute approximate surface area is 118 Å². The van der Waals surface area contributed by atoms with Crippen LogP contribution in [0.5, 0.6) is 0 Å². The van der Waals surface area contributed by atoms with Gasteiger partial charge in [-0.05, 0) is 19.4 Å². The number of carbonyl (C=O) groups is 2. The van der Waals surface area contributed by atoms with E-state index in [9.17, 15) is 9.59 Å². The van der Waals surface area contributed by atoms with E-state index in [1.54, 1.807) is 0 Å². The zero-order valence-corrected chi connectivity index (χ0v) is 11.6. The van der Waals surface area contributed by atoms with E-state index in [2.05, 4.69) is 5.32 Å². The molecule has 0 spiro atoms. The molecule has 2 amide bonds. The predicted octanol–water partition coefficient (Wildman–Crippen LogP) is 1.05. The summed E-state index contributed by atoms with van der Waals surface area (Å²) in [7, 11) is 0. The van der Waals surface area contributed by atoms with Gasteiger partial charge in [0.15, 0.2) is 6.04 Å². The average molecular weight is 280 g/mol. The quantitative estimate of drug-likeness (QED) is 0.726. The summed E-state index contributed by atoms with van der Waals surface area (Å²) in [6, 6.07) is 7.52. The topological polar surface area (TPSA) is 89.9 Å². The van der Waals surface area contributed by atoms with Crippen molar-refractivity contribution in [1.29, 1.82) is 0 Å². The lowest BCUT2D eigenvalue weighted by molar-refractivity contribution is -0.140. The van der Waals surface area contributed by atoms with Crippen molar-refractivity contribution in [3.05, 3.63) is 35.9 Å². The summed E-state index contributed by atoms with van der Waals surface area (Å²) >= 11 is 0. The van der Waals surface area contributed by atoms with Gasteiger partial charge in [-0.1, -0.05) is 30.3 Å². The molecule has 0 aliphatic carbocycles. The third kappa shape index (κ3) is 4.55. The van der Waals surface area contributed by atoms with Crippen molar-refractivity contribution < 1.29 is 19.8 Å². The molecule has 3 N–H and O–H groups in total. The van der Waals surface area contributed by atoms with E-state index >= 15 is 0 Å². The van der Waals surface area contributed by atoms with E-state index in [0.29, 0.717) is 6.54 Å². The Morgan fingerprint density at radius 1 is 1.25 bits per heavy atom. The Bertz CT molecular complexity index is 448. The highest BCUT2D eigenvalue weighted by atomic mass is 16.4. The molecule has 0 radical (unpaired) electrons. The van der Waals surface area contributed by atoms with Crippen LogP contribution in [0.4, 0.5) is 4.79 Å². The van der Waals surface area contributed by atoms with E-state index < -0.39 is 24.6 Å². The molecule has 0 heterocycles. The van der Waals surface area contributed by atoms with Crippen LogP contribution in [-0.4, -0.2) is 45.8 Å². The summed E-state index contributed by atoms with van der Waals surface area (Å²) < 4.78 is 0.